The van der Waals surface area contributed by atoms with Crippen LogP contribution in [-0.2, 0) is 6.54 Å². The molecule has 2 rings (SSSR count). The number of nitrogens with two attached hydrogens (primary N) is 2. The standard InChI is InChI=1S/C16H19N3O/c1-11-4-3-5-12(8-11)10-19(2)16(20)14-7-6-13(17)9-15(14)18/h3-9H,10,17-18H2,1-2H3. The van der Waals surface area contributed by atoms with Crippen molar-refractivity contribution in [1.82, 2.24) is 4.90 Å². The minimum atomic E-state index is -0.107. The molecule has 0 saturated heterocycles. The molecule has 4 N–H and O–H groups in total. The Hall–Kier alpha value is -2.49. The number of nitrogens with zero attached hydrogens (tertiary/aromatic N) is 1. The normalized spacial score (nSPS) is 10.3. The molecular weight excluding hydrogens is 250 g/mol. The summed E-state index contributed by atoms with van der Waals surface area (Å²) in [6.45, 7) is 2.58. The zero-order valence-electron chi connectivity index (χ0n) is 11.8. The molecule has 0 heterocycles. The van der Waals surface area contributed by atoms with Crippen LogP contribution >= 0.6 is 0 Å². The van der Waals surface area contributed by atoms with E-state index in [0.29, 0.717) is 23.5 Å². The lowest BCUT2D eigenvalue weighted by Gasteiger charge is -2.18. The molecule has 2 aromatic carbocycles. The van der Waals surface area contributed by atoms with Gasteiger partial charge in [-0.25, -0.2) is 0 Å². The quantitative estimate of drug-likeness (QED) is 0.841. The lowest BCUT2D eigenvalue weighted by Crippen LogP contribution is -2.27. The maximum Gasteiger partial charge on any atom is 0.255 e. The molecule has 0 unspecified atom stereocenters. The molecule has 0 aliphatic rings. The second-order valence-corrected chi connectivity index (χ2v) is 5.00. The Morgan fingerprint density at radius 2 is 1.90 bits per heavy atom. The van der Waals surface area contributed by atoms with E-state index in [9.17, 15) is 4.79 Å². The number of rotatable bonds is 3. The van der Waals surface area contributed by atoms with Crippen LogP contribution in [0.3, 0.4) is 0 Å². The molecule has 2 aromatic rings. The molecule has 4 heteroatoms. The van der Waals surface area contributed by atoms with E-state index in [1.807, 2.05) is 25.1 Å². The van der Waals surface area contributed by atoms with E-state index in [1.165, 1.54) is 5.56 Å². The third kappa shape index (κ3) is 3.09. The Morgan fingerprint density at radius 3 is 2.55 bits per heavy atom. The van der Waals surface area contributed by atoms with E-state index in [4.69, 9.17) is 11.5 Å². The summed E-state index contributed by atoms with van der Waals surface area (Å²) in [7, 11) is 1.76. The van der Waals surface area contributed by atoms with Gasteiger partial charge >= 0.3 is 0 Å². The van der Waals surface area contributed by atoms with Gasteiger partial charge in [-0.3, -0.25) is 4.79 Å². The first-order valence-electron chi connectivity index (χ1n) is 6.43. The predicted octanol–water partition coefficient (Wildman–Crippen LogP) is 2.43. The molecule has 0 aromatic heterocycles. The van der Waals surface area contributed by atoms with Crippen molar-refractivity contribution in [2.75, 3.05) is 18.5 Å². The minimum absolute atomic E-state index is 0.107. The molecule has 0 aliphatic heterocycles. The molecule has 0 saturated carbocycles. The van der Waals surface area contributed by atoms with Gasteiger partial charge < -0.3 is 16.4 Å². The van der Waals surface area contributed by atoms with Crippen LogP contribution in [0.4, 0.5) is 11.4 Å². The second-order valence-electron chi connectivity index (χ2n) is 5.00. The van der Waals surface area contributed by atoms with E-state index in [2.05, 4.69) is 6.07 Å². The van der Waals surface area contributed by atoms with Crippen molar-refractivity contribution in [1.29, 1.82) is 0 Å². The van der Waals surface area contributed by atoms with Crippen LogP contribution in [0.15, 0.2) is 42.5 Å². The number of anilines is 2. The number of carbonyl (C=O) groups is 1. The summed E-state index contributed by atoms with van der Waals surface area (Å²) in [5.41, 5.74) is 15.2. The molecule has 4 nitrogen and oxygen atoms in total. The molecule has 1 amide bonds. The van der Waals surface area contributed by atoms with E-state index in [-0.39, 0.29) is 5.91 Å². The van der Waals surface area contributed by atoms with Crippen molar-refractivity contribution < 1.29 is 4.79 Å². The third-order valence-corrected chi connectivity index (χ3v) is 3.15. The SMILES string of the molecule is Cc1cccc(CN(C)C(=O)c2ccc(N)cc2N)c1. The minimum Gasteiger partial charge on any atom is -0.399 e. The monoisotopic (exact) mass is 269 g/mol. The number of aryl methyl sites for hydroxylation is 1. The van der Waals surface area contributed by atoms with Crippen molar-refractivity contribution in [3.05, 3.63) is 59.2 Å². The fraction of sp³-hybridized carbons (Fsp3) is 0.188. The summed E-state index contributed by atoms with van der Waals surface area (Å²) < 4.78 is 0. The van der Waals surface area contributed by atoms with Crippen LogP contribution in [0.2, 0.25) is 0 Å². The van der Waals surface area contributed by atoms with Gasteiger partial charge in [0.25, 0.3) is 5.91 Å². The maximum atomic E-state index is 12.4. The first-order valence-corrected chi connectivity index (χ1v) is 6.43. The van der Waals surface area contributed by atoms with E-state index in [1.54, 1.807) is 30.1 Å². The molecule has 0 aliphatic carbocycles. The fourth-order valence-electron chi connectivity index (χ4n) is 2.14. The van der Waals surface area contributed by atoms with Gasteiger partial charge in [0.05, 0.1) is 5.56 Å². The van der Waals surface area contributed by atoms with Crippen LogP contribution in [0.5, 0.6) is 0 Å². The van der Waals surface area contributed by atoms with Gasteiger partial charge in [-0.05, 0) is 30.7 Å². The molecule has 0 fully saturated rings. The molecule has 0 bridgehead atoms. The Labute approximate surface area is 119 Å². The van der Waals surface area contributed by atoms with Gasteiger partial charge in [0.1, 0.15) is 0 Å². The maximum absolute atomic E-state index is 12.4. The van der Waals surface area contributed by atoms with Gasteiger partial charge in [-0.2, -0.15) is 0 Å². The first kappa shape index (κ1) is 13.9. The van der Waals surface area contributed by atoms with Crippen molar-refractivity contribution in [3.63, 3.8) is 0 Å². The average molecular weight is 269 g/mol. The van der Waals surface area contributed by atoms with Gasteiger partial charge in [-0.15, -0.1) is 0 Å². The molecule has 0 atom stereocenters. The van der Waals surface area contributed by atoms with Crippen LogP contribution in [-0.4, -0.2) is 17.9 Å². The number of amides is 1. The van der Waals surface area contributed by atoms with Crippen LogP contribution in [0.25, 0.3) is 0 Å². The van der Waals surface area contributed by atoms with Crippen molar-refractivity contribution >= 4 is 17.3 Å². The number of nitrogen functional groups attached to an aromatic ring is 2. The Balaban J connectivity index is 2.16. The number of hydrogen-bond acceptors (Lipinski definition) is 3. The van der Waals surface area contributed by atoms with Gasteiger partial charge in [0.2, 0.25) is 0 Å². The van der Waals surface area contributed by atoms with Gasteiger partial charge in [0.15, 0.2) is 0 Å². The third-order valence-electron chi connectivity index (χ3n) is 3.15. The van der Waals surface area contributed by atoms with Crippen LogP contribution < -0.4 is 11.5 Å². The molecule has 0 spiro atoms. The van der Waals surface area contributed by atoms with Crippen LogP contribution in [0.1, 0.15) is 21.5 Å². The highest BCUT2D eigenvalue weighted by atomic mass is 16.2. The summed E-state index contributed by atoms with van der Waals surface area (Å²) in [5, 5.41) is 0. The number of carbonyl (C=O) groups excluding carboxylic acids is 1. The van der Waals surface area contributed by atoms with Crippen molar-refractivity contribution in [2.24, 2.45) is 0 Å². The number of hydrogen-bond donors (Lipinski definition) is 2. The topological polar surface area (TPSA) is 72.3 Å². The summed E-state index contributed by atoms with van der Waals surface area (Å²) >= 11 is 0. The highest BCUT2D eigenvalue weighted by molar-refractivity contribution is 5.99. The Morgan fingerprint density at radius 1 is 1.15 bits per heavy atom. The van der Waals surface area contributed by atoms with Crippen molar-refractivity contribution in [3.8, 4) is 0 Å². The summed E-state index contributed by atoms with van der Waals surface area (Å²) in [4.78, 5) is 14.0. The van der Waals surface area contributed by atoms with E-state index < -0.39 is 0 Å². The molecule has 20 heavy (non-hydrogen) atoms. The lowest BCUT2D eigenvalue weighted by atomic mass is 10.1. The zero-order chi connectivity index (χ0) is 14.7. The van der Waals surface area contributed by atoms with Gasteiger partial charge in [0, 0.05) is 25.0 Å². The number of benzene rings is 2. The Bertz CT molecular complexity index is 637. The second kappa shape index (κ2) is 5.65. The van der Waals surface area contributed by atoms with E-state index >= 15 is 0 Å². The fourth-order valence-corrected chi connectivity index (χ4v) is 2.14. The molecule has 104 valence electrons. The first-order chi connectivity index (χ1) is 9.47. The summed E-state index contributed by atoms with van der Waals surface area (Å²) in [6.07, 6.45) is 0. The molecular formula is C16H19N3O. The zero-order valence-corrected chi connectivity index (χ0v) is 11.8. The largest absolute Gasteiger partial charge is 0.399 e. The van der Waals surface area contributed by atoms with Crippen molar-refractivity contribution in [2.45, 2.75) is 13.5 Å². The summed E-state index contributed by atoms with van der Waals surface area (Å²) in [5.74, 6) is -0.107. The summed E-state index contributed by atoms with van der Waals surface area (Å²) in [6, 6.07) is 13.0. The lowest BCUT2D eigenvalue weighted by molar-refractivity contribution is 0.0786. The van der Waals surface area contributed by atoms with Gasteiger partial charge in [-0.1, -0.05) is 29.8 Å². The molecule has 0 radical (unpaired) electrons. The highest BCUT2D eigenvalue weighted by Crippen LogP contribution is 2.18. The average Bonchev–Trinajstić information content (AvgIpc) is 2.38. The predicted molar refractivity (Wildman–Crippen MR) is 82.2 cm³/mol. The highest BCUT2D eigenvalue weighted by Gasteiger charge is 2.15. The van der Waals surface area contributed by atoms with Crippen LogP contribution in [0, 0.1) is 6.92 Å². The Kier molecular flexibility index (Phi) is 3.94. The smallest absolute Gasteiger partial charge is 0.255 e. The van der Waals surface area contributed by atoms with E-state index in [0.717, 1.165) is 5.56 Å².